The average molecular weight is 238 g/mol. The molecule has 1 aromatic heterocycles. The Labute approximate surface area is 100 Å². The highest BCUT2D eigenvalue weighted by Crippen LogP contribution is 2.34. The van der Waals surface area contributed by atoms with Crippen LogP contribution in [0.25, 0.3) is 0 Å². The lowest BCUT2D eigenvalue weighted by Gasteiger charge is -2.27. The predicted octanol–water partition coefficient (Wildman–Crippen LogP) is 1.49. The standard InChI is InChI=1S/C12H18N2OS/c1-14(11(8-13)9-4-5-9)12(15)7-10-3-2-6-16-10/h2-3,6,9,11H,4-5,7-8,13H2,1H3. The van der Waals surface area contributed by atoms with E-state index in [1.165, 1.54) is 12.8 Å². The van der Waals surface area contributed by atoms with Gasteiger partial charge in [-0.05, 0) is 30.2 Å². The first-order valence-corrected chi connectivity index (χ1v) is 6.58. The summed E-state index contributed by atoms with van der Waals surface area (Å²) in [5.41, 5.74) is 5.73. The van der Waals surface area contributed by atoms with Crippen LogP contribution in [-0.2, 0) is 11.2 Å². The summed E-state index contributed by atoms with van der Waals surface area (Å²) in [6.45, 7) is 0.581. The summed E-state index contributed by atoms with van der Waals surface area (Å²) in [5.74, 6) is 0.826. The molecular weight excluding hydrogens is 220 g/mol. The molecular formula is C12H18N2OS. The predicted molar refractivity (Wildman–Crippen MR) is 66.4 cm³/mol. The Hall–Kier alpha value is -0.870. The third-order valence-electron chi connectivity index (χ3n) is 3.20. The summed E-state index contributed by atoms with van der Waals surface area (Å²) in [6, 6.07) is 4.23. The molecule has 16 heavy (non-hydrogen) atoms. The van der Waals surface area contributed by atoms with E-state index >= 15 is 0 Å². The van der Waals surface area contributed by atoms with Gasteiger partial charge in [0.15, 0.2) is 0 Å². The molecule has 0 saturated heterocycles. The van der Waals surface area contributed by atoms with Crippen molar-refractivity contribution in [1.82, 2.24) is 4.90 Å². The molecule has 0 radical (unpaired) electrons. The van der Waals surface area contributed by atoms with E-state index in [9.17, 15) is 4.79 Å². The van der Waals surface area contributed by atoms with Crippen molar-refractivity contribution in [2.45, 2.75) is 25.3 Å². The molecule has 0 aliphatic heterocycles. The zero-order chi connectivity index (χ0) is 11.5. The van der Waals surface area contributed by atoms with Crippen molar-refractivity contribution in [3.05, 3.63) is 22.4 Å². The van der Waals surface area contributed by atoms with Gasteiger partial charge >= 0.3 is 0 Å². The second-order valence-electron chi connectivity index (χ2n) is 4.40. The van der Waals surface area contributed by atoms with Crippen LogP contribution in [0.3, 0.4) is 0 Å². The van der Waals surface area contributed by atoms with Gasteiger partial charge in [-0.2, -0.15) is 0 Å². The summed E-state index contributed by atoms with van der Waals surface area (Å²) < 4.78 is 0. The van der Waals surface area contributed by atoms with E-state index in [1.54, 1.807) is 11.3 Å². The molecule has 1 aliphatic carbocycles. The molecule has 2 N–H and O–H groups in total. The molecule has 1 saturated carbocycles. The highest BCUT2D eigenvalue weighted by molar-refractivity contribution is 7.10. The van der Waals surface area contributed by atoms with Crippen molar-refractivity contribution in [3.8, 4) is 0 Å². The minimum atomic E-state index is 0.185. The van der Waals surface area contributed by atoms with Gasteiger partial charge in [0, 0.05) is 24.5 Å². The van der Waals surface area contributed by atoms with Crippen LogP contribution in [0.4, 0.5) is 0 Å². The van der Waals surface area contributed by atoms with Crippen LogP contribution in [0.15, 0.2) is 17.5 Å². The fourth-order valence-corrected chi connectivity index (χ4v) is 2.72. The molecule has 3 nitrogen and oxygen atoms in total. The molecule has 1 heterocycles. The summed E-state index contributed by atoms with van der Waals surface area (Å²) in [4.78, 5) is 15.0. The highest BCUT2D eigenvalue weighted by Gasteiger charge is 2.34. The van der Waals surface area contributed by atoms with Crippen LogP contribution in [0.5, 0.6) is 0 Å². The minimum absolute atomic E-state index is 0.185. The van der Waals surface area contributed by atoms with Crippen molar-refractivity contribution < 1.29 is 4.79 Å². The van der Waals surface area contributed by atoms with Gasteiger partial charge in [0.05, 0.1) is 6.42 Å². The monoisotopic (exact) mass is 238 g/mol. The first kappa shape index (κ1) is 11.6. The maximum atomic E-state index is 12.0. The fraction of sp³-hybridized carbons (Fsp3) is 0.583. The summed E-state index contributed by atoms with van der Waals surface area (Å²) in [6.07, 6.45) is 2.95. The molecule has 1 unspecified atom stereocenters. The molecule has 1 fully saturated rings. The van der Waals surface area contributed by atoms with Crippen molar-refractivity contribution in [2.75, 3.05) is 13.6 Å². The number of hydrogen-bond acceptors (Lipinski definition) is 3. The Kier molecular flexibility index (Phi) is 3.61. The number of nitrogens with two attached hydrogens (primary N) is 1. The number of carbonyl (C=O) groups is 1. The molecule has 0 spiro atoms. The van der Waals surface area contributed by atoms with Gasteiger partial charge < -0.3 is 10.6 Å². The second kappa shape index (κ2) is 4.97. The van der Waals surface area contributed by atoms with Gasteiger partial charge in [-0.1, -0.05) is 6.07 Å². The molecule has 1 aromatic rings. The number of nitrogens with zero attached hydrogens (tertiary/aromatic N) is 1. The Balaban J connectivity index is 1.92. The number of likely N-dealkylation sites (N-methyl/N-ethyl adjacent to an activating group) is 1. The number of amides is 1. The lowest BCUT2D eigenvalue weighted by Crippen LogP contribution is -2.43. The largest absolute Gasteiger partial charge is 0.341 e. The van der Waals surface area contributed by atoms with E-state index in [2.05, 4.69) is 0 Å². The van der Waals surface area contributed by atoms with E-state index < -0.39 is 0 Å². The molecule has 88 valence electrons. The van der Waals surface area contributed by atoms with Gasteiger partial charge in [0.25, 0.3) is 0 Å². The number of thiophene rings is 1. The zero-order valence-corrected chi connectivity index (χ0v) is 10.4. The topological polar surface area (TPSA) is 46.3 Å². The van der Waals surface area contributed by atoms with Crippen molar-refractivity contribution in [1.29, 1.82) is 0 Å². The normalized spacial score (nSPS) is 17.1. The van der Waals surface area contributed by atoms with E-state index in [4.69, 9.17) is 5.73 Å². The van der Waals surface area contributed by atoms with E-state index in [0.717, 1.165) is 4.88 Å². The van der Waals surface area contributed by atoms with Crippen LogP contribution in [0, 0.1) is 5.92 Å². The van der Waals surface area contributed by atoms with E-state index in [0.29, 0.717) is 18.9 Å². The van der Waals surface area contributed by atoms with Gasteiger partial charge in [0.2, 0.25) is 5.91 Å². The third-order valence-corrected chi connectivity index (χ3v) is 4.08. The minimum Gasteiger partial charge on any atom is -0.341 e. The third kappa shape index (κ3) is 2.62. The number of hydrogen-bond donors (Lipinski definition) is 1. The second-order valence-corrected chi connectivity index (χ2v) is 5.43. The smallest absolute Gasteiger partial charge is 0.227 e. The summed E-state index contributed by atoms with van der Waals surface area (Å²) in [7, 11) is 1.88. The van der Waals surface area contributed by atoms with Gasteiger partial charge in [-0.15, -0.1) is 11.3 Å². The molecule has 4 heteroatoms. The maximum absolute atomic E-state index is 12.0. The number of rotatable bonds is 5. The molecule has 0 aromatic carbocycles. The molecule has 1 atom stereocenters. The van der Waals surface area contributed by atoms with E-state index in [-0.39, 0.29) is 11.9 Å². The Morgan fingerprint density at radius 1 is 1.69 bits per heavy atom. The lowest BCUT2D eigenvalue weighted by molar-refractivity contribution is -0.131. The van der Waals surface area contributed by atoms with Crippen LogP contribution in [0.1, 0.15) is 17.7 Å². The fourth-order valence-electron chi connectivity index (χ4n) is 2.02. The maximum Gasteiger partial charge on any atom is 0.227 e. The summed E-state index contributed by atoms with van der Waals surface area (Å²) in [5, 5.41) is 2.00. The van der Waals surface area contributed by atoms with Crippen LogP contribution >= 0.6 is 11.3 Å². The zero-order valence-electron chi connectivity index (χ0n) is 9.56. The van der Waals surface area contributed by atoms with Crippen LogP contribution in [0.2, 0.25) is 0 Å². The highest BCUT2D eigenvalue weighted by atomic mass is 32.1. The lowest BCUT2D eigenvalue weighted by atomic mass is 10.1. The first-order chi connectivity index (χ1) is 7.72. The Bertz CT molecular complexity index is 346. The Morgan fingerprint density at radius 2 is 2.44 bits per heavy atom. The van der Waals surface area contributed by atoms with Crippen molar-refractivity contribution in [2.24, 2.45) is 11.7 Å². The van der Waals surface area contributed by atoms with Gasteiger partial charge in [0.1, 0.15) is 0 Å². The van der Waals surface area contributed by atoms with Crippen LogP contribution in [-0.4, -0.2) is 30.4 Å². The van der Waals surface area contributed by atoms with Crippen molar-refractivity contribution >= 4 is 17.2 Å². The number of carbonyl (C=O) groups excluding carboxylic acids is 1. The van der Waals surface area contributed by atoms with E-state index in [1.807, 2.05) is 29.5 Å². The molecule has 1 amide bonds. The average Bonchev–Trinajstić information content (AvgIpc) is 2.97. The SMILES string of the molecule is CN(C(=O)Cc1cccs1)C(CN)C1CC1. The molecule has 2 rings (SSSR count). The van der Waals surface area contributed by atoms with Crippen molar-refractivity contribution in [3.63, 3.8) is 0 Å². The molecule has 0 bridgehead atoms. The summed E-state index contributed by atoms with van der Waals surface area (Å²) >= 11 is 1.63. The first-order valence-electron chi connectivity index (χ1n) is 5.70. The molecule has 1 aliphatic rings. The van der Waals surface area contributed by atoms with Gasteiger partial charge in [-0.25, -0.2) is 0 Å². The quantitative estimate of drug-likeness (QED) is 0.844. The van der Waals surface area contributed by atoms with Gasteiger partial charge in [-0.3, -0.25) is 4.79 Å². The van der Waals surface area contributed by atoms with Crippen LogP contribution < -0.4 is 5.73 Å². The Morgan fingerprint density at radius 3 is 2.94 bits per heavy atom.